The van der Waals surface area contributed by atoms with Crippen LogP contribution in [0.15, 0.2) is 18.2 Å². The van der Waals surface area contributed by atoms with Crippen molar-refractivity contribution in [3.8, 4) is 0 Å². The lowest BCUT2D eigenvalue weighted by atomic mass is 10.1. The van der Waals surface area contributed by atoms with Gasteiger partial charge in [-0.3, -0.25) is 4.90 Å². The molecule has 0 aliphatic heterocycles. The first-order valence-corrected chi connectivity index (χ1v) is 7.88. The predicted molar refractivity (Wildman–Crippen MR) is 92.3 cm³/mol. The van der Waals surface area contributed by atoms with Gasteiger partial charge in [0.15, 0.2) is 0 Å². The van der Waals surface area contributed by atoms with Gasteiger partial charge >= 0.3 is 0 Å². The minimum absolute atomic E-state index is 0.389. The highest BCUT2D eigenvalue weighted by atomic mass is 35.5. The Balaban J connectivity index is 2.84. The van der Waals surface area contributed by atoms with Crippen LogP contribution in [0.2, 0.25) is 5.02 Å². The number of benzene rings is 1. The van der Waals surface area contributed by atoms with Crippen LogP contribution in [0, 0.1) is 11.8 Å². The van der Waals surface area contributed by atoms with E-state index in [1.165, 1.54) is 0 Å². The van der Waals surface area contributed by atoms with Crippen molar-refractivity contribution in [2.75, 3.05) is 13.1 Å². The highest BCUT2D eigenvalue weighted by molar-refractivity contribution is 7.80. The quantitative estimate of drug-likeness (QED) is 0.769. The lowest BCUT2D eigenvalue weighted by Crippen LogP contribution is -2.31. The maximum atomic E-state index is 6.35. The molecule has 0 amide bonds. The van der Waals surface area contributed by atoms with Crippen LogP contribution in [-0.2, 0) is 6.54 Å². The van der Waals surface area contributed by atoms with Crippen LogP contribution in [0.1, 0.15) is 38.8 Å². The smallest absolute Gasteiger partial charge is 0.104 e. The van der Waals surface area contributed by atoms with Crippen LogP contribution < -0.4 is 5.73 Å². The summed E-state index contributed by atoms with van der Waals surface area (Å²) >= 11 is 11.3. The number of nitrogens with two attached hydrogens (primary N) is 1. The molecule has 112 valence electrons. The highest BCUT2D eigenvalue weighted by Crippen LogP contribution is 2.21. The van der Waals surface area contributed by atoms with Gasteiger partial charge in [0.05, 0.1) is 0 Å². The molecule has 0 fully saturated rings. The molecule has 0 bridgehead atoms. The van der Waals surface area contributed by atoms with E-state index < -0.39 is 0 Å². The van der Waals surface area contributed by atoms with Crippen LogP contribution in [0.3, 0.4) is 0 Å². The molecule has 0 atom stereocenters. The van der Waals surface area contributed by atoms with Crippen molar-refractivity contribution in [3.05, 3.63) is 34.3 Å². The fourth-order valence-electron chi connectivity index (χ4n) is 2.31. The third-order valence-electron chi connectivity index (χ3n) is 2.98. The Kier molecular flexibility index (Phi) is 6.93. The summed E-state index contributed by atoms with van der Waals surface area (Å²) in [5, 5.41) is 0.743. The van der Waals surface area contributed by atoms with Crippen molar-refractivity contribution in [3.63, 3.8) is 0 Å². The molecule has 0 saturated carbocycles. The second-order valence-corrected chi connectivity index (χ2v) is 7.00. The van der Waals surface area contributed by atoms with E-state index in [0.29, 0.717) is 16.8 Å². The molecule has 4 heteroatoms. The molecule has 1 rings (SSSR count). The maximum absolute atomic E-state index is 6.35. The van der Waals surface area contributed by atoms with Crippen LogP contribution in [0.4, 0.5) is 0 Å². The average molecular weight is 313 g/mol. The lowest BCUT2D eigenvalue weighted by molar-refractivity contribution is 0.211. The van der Waals surface area contributed by atoms with E-state index in [-0.39, 0.29) is 0 Å². The number of rotatable bonds is 7. The van der Waals surface area contributed by atoms with Crippen LogP contribution >= 0.6 is 23.8 Å². The van der Waals surface area contributed by atoms with Crippen LogP contribution in [0.5, 0.6) is 0 Å². The van der Waals surface area contributed by atoms with E-state index >= 15 is 0 Å². The molecule has 0 radical (unpaired) electrons. The zero-order valence-electron chi connectivity index (χ0n) is 12.8. The molecular formula is C16H25ClN2S. The zero-order chi connectivity index (χ0) is 15.3. The highest BCUT2D eigenvalue weighted by Gasteiger charge is 2.12. The van der Waals surface area contributed by atoms with Crippen molar-refractivity contribution in [2.24, 2.45) is 17.6 Å². The summed E-state index contributed by atoms with van der Waals surface area (Å²) in [7, 11) is 0. The van der Waals surface area contributed by atoms with Crippen molar-refractivity contribution in [1.82, 2.24) is 4.90 Å². The number of thiocarbonyl (C=S) groups is 1. The molecule has 2 N–H and O–H groups in total. The summed E-state index contributed by atoms with van der Waals surface area (Å²) in [4.78, 5) is 2.84. The Morgan fingerprint density at radius 3 is 2.15 bits per heavy atom. The van der Waals surface area contributed by atoms with Gasteiger partial charge in [0.1, 0.15) is 4.99 Å². The normalized spacial score (nSPS) is 11.6. The van der Waals surface area contributed by atoms with Gasteiger partial charge in [-0.15, -0.1) is 0 Å². The summed E-state index contributed by atoms with van der Waals surface area (Å²) in [5.41, 5.74) is 7.59. The molecule has 0 aliphatic rings. The molecule has 0 unspecified atom stereocenters. The van der Waals surface area contributed by atoms with E-state index in [1.807, 2.05) is 18.2 Å². The van der Waals surface area contributed by atoms with E-state index in [1.54, 1.807) is 0 Å². The molecule has 20 heavy (non-hydrogen) atoms. The van der Waals surface area contributed by atoms with Crippen molar-refractivity contribution >= 4 is 28.8 Å². The monoisotopic (exact) mass is 312 g/mol. The molecule has 0 saturated heterocycles. The maximum Gasteiger partial charge on any atom is 0.104 e. The number of halogens is 1. The lowest BCUT2D eigenvalue weighted by Gasteiger charge is -2.26. The Labute approximate surface area is 133 Å². The number of hydrogen-bond donors (Lipinski definition) is 1. The van der Waals surface area contributed by atoms with Gasteiger partial charge in [0.25, 0.3) is 0 Å². The third-order valence-corrected chi connectivity index (χ3v) is 3.57. The average Bonchev–Trinajstić information content (AvgIpc) is 2.29. The van der Waals surface area contributed by atoms with Gasteiger partial charge < -0.3 is 5.73 Å². The molecule has 1 aromatic carbocycles. The number of nitrogens with zero attached hydrogens (tertiary/aromatic N) is 1. The molecule has 0 aromatic heterocycles. The Bertz CT molecular complexity index is 448. The topological polar surface area (TPSA) is 29.3 Å². The summed E-state index contributed by atoms with van der Waals surface area (Å²) in [6, 6.07) is 5.85. The summed E-state index contributed by atoms with van der Waals surface area (Å²) in [6.07, 6.45) is 0. The van der Waals surface area contributed by atoms with Gasteiger partial charge in [0.2, 0.25) is 0 Å². The first-order chi connectivity index (χ1) is 9.29. The Hall–Kier alpha value is -0.640. The fourth-order valence-corrected chi connectivity index (χ4v) is 2.67. The predicted octanol–water partition coefficient (Wildman–Crippen LogP) is 4.09. The largest absolute Gasteiger partial charge is 0.389 e. The third kappa shape index (κ3) is 5.78. The van der Waals surface area contributed by atoms with E-state index in [4.69, 9.17) is 29.6 Å². The van der Waals surface area contributed by atoms with Crippen LogP contribution in [0.25, 0.3) is 0 Å². The molecule has 0 heterocycles. The van der Waals surface area contributed by atoms with Crippen molar-refractivity contribution in [2.45, 2.75) is 34.2 Å². The van der Waals surface area contributed by atoms with Crippen LogP contribution in [-0.4, -0.2) is 23.0 Å². The molecule has 0 spiro atoms. The fraction of sp³-hybridized carbons (Fsp3) is 0.562. The second-order valence-electron chi connectivity index (χ2n) is 6.15. The van der Waals surface area contributed by atoms with E-state index in [0.717, 1.165) is 35.8 Å². The van der Waals surface area contributed by atoms with Crippen molar-refractivity contribution in [1.29, 1.82) is 0 Å². The SMILES string of the molecule is CC(C)CN(Cc1ccc(C(N)=S)cc1Cl)CC(C)C. The van der Waals surface area contributed by atoms with Crippen molar-refractivity contribution < 1.29 is 0 Å². The minimum Gasteiger partial charge on any atom is -0.389 e. The Morgan fingerprint density at radius 2 is 1.75 bits per heavy atom. The van der Waals surface area contributed by atoms with E-state index in [9.17, 15) is 0 Å². The van der Waals surface area contributed by atoms with Gasteiger partial charge in [0, 0.05) is 30.2 Å². The summed E-state index contributed by atoms with van der Waals surface area (Å²) < 4.78 is 0. The van der Waals surface area contributed by atoms with Gasteiger partial charge in [-0.25, -0.2) is 0 Å². The van der Waals surface area contributed by atoms with Gasteiger partial charge in [-0.2, -0.15) is 0 Å². The summed E-state index contributed by atoms with van der Waals surface area (Å²) in [6.45, 7) is 12.0. The van der Waals surface area contributed by atoms with Gasteiger partial charge in [-0.1, -0.05) is 63.6 Å². The minimum atomic E-state index is 0.389. The molecular weight excluding hydrogens is 288 g/mol. The Morgan fingerprint density at radius 1 is 1.20 bits per heavy atom. The summed E-state index contributed by atoms with van der Waals surface area (Å²) in [5.74, 6) is 1.28. The molecule has 0 aliphatic carbocycles. The first-order valence-electron chi connectivity index (χ1n) is 7.10. The standard InChI is InChI=1S/C16H25ClN2S/c1-11(2)8-19(9-12(3)4)10-14-6-5-13(16(18)20)7-15(14)17/h5-7,11-12H,8-10H2,1-4H3,(H2,18,20). The number of hydrogen-bond acceptors (Lipinski definition) is 2. The second kappa shape index (κ2) is 7.96. The van der Waals surface area contributed by atoms with E-state index in [2.05, 4.69) is 32.6 Å². The first kappa shape index (κ1) is 17.4. The van der Waals surface area contributed by atoms with Gasteiger partial charge in [-0.05, 0) is 23.5 Å². The molecule has 1 aromatic rings. The molecule has 2 nitrogen and oxygen atoms in total. The zero-order valence-corrected chi connectivity index (χ0v) is 14.4.